The average Bonchev–Trinajstić information content (AvgIpc) is 2.42. The number of carbonyl (C=O) groups excluding carboxylic acids is 2. The molecule has 0 spiro atoms. The van der Waals surface area contributed by atoms with Crippen LogP contribution in [0.4, 0.5) is 5.69 Å². The van der Waals surface area contributed by atoms with Crippen molar-refractivity contribution in [3.63, 3.8) is 0 Å². The monoisotopic (exact) mass is 292 g/mol. The van der Waals surface area contributed by atoms with Crippen molar-refractivity contribution in [1.82, 2.24) is 4.90 Å². The van der Waals surface area contributed by atoms with Gasteiger partial charge in [-0.1, -0.05) is 18.2 Å². The minimum absolute atomic E-state index is 0.0767. The second kappa shape index (κ2) is 7.78. The first-order valence-electron chi connectivity index (χ1n) is 7.02. The van der Waals surface area contributed by atoms with Crippen LogP contribution in [0.5, 0.6) is 0 Å². The average molecular weight is 292 g/mol. The fraction of sp³-hybridized carbons (Fsp3) is 0.500. The first-order chi connectivity index (χ1) is 9.85. The summed E-state index contributed by atoms with van der Waals surface area (Å²) in [6, 6.07) is 5.94. The minimum Gasteiger partial charge on any atom is -0.468 e. The van der Waals surface area contributed by atoms with Crippen molar-refractivity contribution >= 4 is 17.6 Å². The van der Waals surface area contributed by atoms with Gasteiger partial charge in [0.05, 0.1) is 20.2 Å². The van der Waals surface area contributed by atoms with Gasteiger partial charge in [-0.15, -0.1) is 0 Å². The van der Waals surface area contributed by atoms with Gasteiger partial charge in [-0.3, -0.25) is 14.5 Å². The predicted molar refractivity (Wildman–Crippen MR) is 83.3 cm³/mol. The number of nitrogens with one attached hydrogen (secondary N) is 1. The fourth-order valence-electron chi connectivity index (χ4n) is 2.03. The molecule has 0 heterocycles. The van der Waals surface area contributed by atoms with Gasteiger partial charge < -0.3 is 10.1 Å². The van der Waals surface area contributed by atoms with Crippen LogP contribution < -0.4 is 5.32 Å². The van der Waals surface area contributed by atoms with Gasteiger partial charge in [-0.05, 0) is 38.8 Å². The van der Waals surface area contributed by atoms with E-state index in [-0.39, 0.29) is 31.0 Å². The molecule has 0 atom stereocenters. The van der Waals surface area contributed by atoms with Crippen LogP contribution in [0.15, 0.2) is 18.2 Å². The Morgan fingerprint density at radius 2 is 1.76 bits per heavy atom. The molecule has 0 aliphatic carbocycles. The van der Waals surface area contributed by atoms with E-state index in [0.717, 1.165) is 16.8 Å². The van der Waals surface area contributed by atoms with Crippen molar-refractivity contribution in [3.8, 4) is 0 Å². The van der Waals surface area contributed by atoms with Crippen LogP contribution in [-0.2, 0) is 14.3 Å². The van der Waals surface area contributed by atoms with Gasteiger partial charge in [0.2, 0.25) is 5.91 Å². The summed E-state index contributed by atoms with van der Waals surface area (Å²) in [7, 11) is 1.34. The summed E-state index contributed by atoms with van der Waals surface area (Å²) in [5.74, 6) is -0.478. The quantitative estimate of drug-likeness (QED) is 0.816. The molecule has 0 unspecified atom stereocenters. The van der Waals surface area contributed by atoms with Crippen LogP contribution in [0.25, 0.3) is 0 Å². The Morgan fingerprint density at radius 3 is 2.24 bits per heavy atom. The molecule has 1 rings (SSSR count). The third kappa shape index (κ3) is 5.19. The van der Waals surface area contributed by atoms with Gasteiger partial charge >= 0.3 is 5.97 Å². The molecule has 0 aliphatic heterocycles. The highest BCUT2D eigenvalue weighted by Crippen LogP contribution is 2.19. The second-order valence-corrected chi connectivity index (χ2v) is 5.39. The number of hydrogen-bond acceptors (Lipinski definition) is 4. The zero-order valence-electron chi connectivity index (χ0n) is 13.4. The number of carbonyl (C=O) groups is 2. The van der Waals surface area contributed by atoms with E-state index in [2.05, 4.69) is 10.1 Å². The van der Waals surface area contributed by atoms with E-state index in [4.69, 9.17) is 0 Å². The maximum atomic E-state index is 12.2. The summed E-state index contributed by atoms with van der Waals surface area (Å²) in [5, 5.41) is 2.92. The van der Waals surface area contributed by atoms with E-state index in [9.17, 15) is 9.59 Å². The van der Waals surface area contributed by atoms with E-state index in [1.165, 1.54) is 7.11 Å². The van der Waals surface area contributed by atoms with E-state index in [0.29, 0.717) is 0 Å². The number of nitrogens with zero attached hydrogens (tertiary/aromatic N) is 1. The molecule has 1 amide bonds. The molecule has 5 nitrogen and oxygen atoms in total. The summed E-state index contributed by atoms with van der Waals surface area (Å²) in [6.45, 7) is 8.05. The van der Waals surface area contributed by atoms with E-state index < -0.39 is 0 Å². The smallest absolute Gasteiger partial charge is 0.319 e. The third-order valence-electron chi connectivity index (χ3n) is 3.38. The Labute approximate surface area is 126 Å². The molecule has 0 aliphatic rings. The lowest BCUT2D eigenvalue weighted by Crippen LogP contribution is -2.41. The van der Waals surface area contributed by atoms with E-state index in [1.54, 1.807) is 4.90 Å². The molecule has 0 saturated heterocycles. The number of benzene rings is 1. The molecule has 1 aromatic carbocycles. The minimum atomic E-state index is -0.344. The number of esters is 1. The van der Waals surface area contributed by atoms with Gasteiger partial charge in [0.1, 0.15) is 0 Å². The summed E-state index contributed by atoms with van der Waals surface area (Å²) in [5.41, 5.74) is 2.88. The largest absolute Gasteiger partial charge is 0.468 e. The highest BCUT2D eigenvalue weighted by atomic mass is 16.5. The van der Waals surface area contributed by atoms with Crippen molar-refractivity contribution in [3.05, 3.63) is 29.3 Å². The highest BCUT2D eigenvalue weighted by Gasteiger charge is 2.18. The van der Waals surface area contributed by atoms with Crippen LogP contribution in [0.2, 0.25) is 0 Å². The molecular formula is C16H24N2O3. The number of aryl methyl sites for hydroxylation is 2. The normalized spacial score (nSPS) is 10.8. The maximum Gasteiger partial charge on any atom is 0.319 e. The molecule has 0 fully saturated rings. The molecule has 1 aromatic rings. The lowest BCUT2D eigenvalue weighted by Gasteiger charge is -2.24. The first kappa shape index (κ1) is 17.2. The van der Waals surface area contributed by atoms with Crippen molar-refractivity contribution in [2.45, 2.75) is 33.7 Å². The lowest BCUT2D eigenvalue weighted by molar-refractivity contribution is -0.142. The summed E-state index contributed by atoms with van der Waals surface area (Å²) in [4.78, 5) is 25.3. The highest BCUT2D eigenvalue weighted by molar-refractivity contribution is 5.94. The van der Waals surface area contributed by atoms with Gasteiger partial charge in [-0.2, -0.15) is 0 Å². The number of rotatable bonds is 6. The van der Waals surface area contributed by atoms with Gasteiger partial charge in [-0.25, -0.2) is 0 Å². The fourth-order valence-corrected chi connectivity index (χ4v) is 2.03. The molecule has 0 bridgehead atoms. The zero-order valence-corrected chi connectivity index (χ0v) is 13.4. The Balaban J connectivity index is 2.72. The summed E-state index contributed by atoms with van der Waals surface area (Å²) in [6.07, 6.45) is 0. The van der Waals surface area contributed by atoms with Crippen molar-refractivity contribution < 1.29 is 14.3 Å². The van der Waals surface area contributed by atoms with Gasteiger partial charge in [0, 0.05) is 11.7 Å². The van der Waals surface area contributed by atoms with Crippen LogP contribution in [-0.4, -0.2) is 43.0 Å². The SMILES string of the molecule is COC(=O)CN(CC(=O)Nc1c(C)cccc1C)C(C)C. The van der Waals surface area contributed by atoms with Crippen molar-refractivity contribution in [1.29, 1.82) is 0 Å². The van der Waals surface area contributed by atoms with Crippen LogP contribution in [0.1, 0.15) is 25.0 Å². The zero-order chi connectivity index (χ0) is 16.0. The molecule has 0 radical (unpaired) electrons. The second-order valence-electron chi connectivity index (χ2n) is 5.39. The Kier molecular flexibility index (Phi) is 6.37. The molecule has 1 N–H and O–H groups in total. The van der Waals surface area contributed by atoms with Crippen molar-refractivity contribution in [2.75, 3.05) is 25.5 Å². The van der Waals surface area contributed by atoms with Gasteiger partial charge in [0.25, 0.3) is 0 Å². The summed E-state index contributed by atoms with van der Waals surface area (Å²) < 4.78 is 4.66. The number of anilines is 1. The number of hydrogen-bond donors (Lipinski definition) is 1. The van der Waals surface area contributed by atoms with E-state index >= 15 is 0 Å². The lowest BCUT2D eigenvalue weighted by atomic mass is 10.1. The summed E-state index contributed by atoms with van der Waals surface area (Å²) >= 11 is 0. The standard InChI is InChI=1S/C16H24N2O3/c1-11(2)18(10-15(20)21-5)9-14(19)17-16-12(3)7-6-8-13(16)4/h6-8,11H,9-10H2,1-5H3,(H,17,19). The number of para-hydroxylation sites is 1. The van der Waals surface area contributed by atoms with E-state index in [1.807, 2.05) is 45.9 Å². The third-order valence-corrected chi connectivity index (χ3v) is 3.38. The number of methoxy groups -OCH3 is 1. The van der Waals surface area contributed by atoms with Crippen LogP contribution >= 0.6 is 0 Å². The predicted octanol–water partition coefficient (Wildman–Crippen LogP) is 2.13. The van der Waals surface area contributed by atoms with Gasteiger partial charge in [0.15, 0.2) is 0 Å². The Morgan fingerprint density at radius 1 is 1.19 bits per heavy atom. The van der Waals surface area contributed by atoms with Crippen LogP contribution in [0, 0.1) is 13.8 Å². The maximum absolute atomic E-state index is 12.2. The topological polar surface area (TPSA) is 58.6 Å². The first-order valence-corrected chi connectivity index (χ1v) is 7.02. The van der Waals surface area contributed by atoms with Crippen molar-refractivity contribution in [2.24, 2.45) is 0 Å². The Hall–Kier alpha value is -1.88. The molecule has 116 valence electrons. The molecule has 5 heteroatoms. The Bertz CT molecular complexity index is 492. The molecule has 0 saturated carbocycles. The molecule has 0 aromatic heterocycles. The molecule has 21 heavy (non-hydrogen) atoms. The molecular weight excluding hydrogens is 268 g/mol. The number of amides is 1. The van der Waals surface area contributed by atoms with Crippen LogP contribution in [0.3, 0.4) is 0 Å². The number of ether oxygens (including phenoxy) is 1.